The Hall–Kier alpha value is -1.21. The molecule has 3 aliphatic heterocycles. The third-order valence-corrected chi connectivity index (χ3v) is 17.2. The number of nitrogens with one attached hydrogen (secondary N) is 1. The van der Waals surface area contributed by atoms with Gasteiger partial charge in [0.2, 0.25) is 5.91 Å². The predicted molar refractivity (Wildman–Crippen MR) is 314 cm³/mol. The lowest BCUT2D eigenvalue weighted by Crippen LogP contribution is -2.66. The summed E-state index contributed by atoms with van der Waals surface area (Å²) in [4.78, 5) is 13.3. The van der Waals surface area contributed by atoms with Crippen LogP contribution in [-0.4, -0.2) is 193 Å². The normalized spacial score (nSPS) is 29.5. The molecule has 0 spiro atoms. The highest BCUT2D eigenvalue weighted by Crippen LogP contribution is 2.33. The number of carbonyl (C=O) groups is 1. The van der Waals surface area contributed by atoms with Crippen molar-refractivity contribution in [1.82, 2.24) is 5.32 Å². The SMILES string of the molecule is CCCCCCCCCCCCCCCCCCCCCCCCCCCCCCCCCC(=O)NC(COC1OC(CO)C(OC2OC(CO)C(OC3OC(CO)C(O)C(O)C3O)C(O)C2O)C(O)C1O)C(O)CCCCCCCC. The van der Waals surface area contributed by atoms with Gasteiger partial charge >= 0.3 is 0 Å². The first kappa shape index (κ1) is 75.0. The Morgan fingerprint density at radius 3 is 1.06 bits per heavy atom. The molecule has 486 valence electrons. The lowest BCUT2D eigenvalue weighted by Gasteiger charge is -2.48. The van der Waals surface area contributed by atoms with E-state index in [1.807, 2.05) is 0 Å². The quantitative estimate of drug-likeness (QED) is 0.0262. The van der Waals surface area contributed by atoms with Crippen LogP contribution < -0.4 is 5.32 Å². The standard InChI is InChI=1S/C63H121NO18/c1-3-5-7-9-11-12-13-14-15-16-17-18-19-20-21-22-23-24-25-26-27-28-29-30-31-32-33-34-35-37-39-41-51(69)64-46(47(68)40-38-36-10-8-6-4-2)45-77-61-57(75)54(72)59(49(43-66)79-61)82-63-58(76)55(73)60(50(44-67)80-63)81-62-56(74)53(71)52(70)48(42-65)78-62/h46-50,52-63,65-68,70-76H,3-45H2,1-2H3,(H,64,69). The molecule has 3 fully saturated rings. The number of hydrogen-bond donors (Lipinski definition) is 12. The maximum atomic E-state index is 13.3. The van der Waals surface area contributed by atoms with Crippen LogP contribution in [0.15, 0.2) is 0 Å². The number of rotatable bonds is 51. The highest BCUT2D eigenvalue weighted by molar-refractivity contribution is 5.76. The zero-order valence-corrected chi connectivity index (χ0v) is 51.0. The number of aliphatic hydroxyl groups is 11. The molecule has 3 saturated heterocycles. The van der Waals surface area contributed by atoms with Crippen molar-refractivity contribution >= 4 is 5.91 Å². The van der Waals surface area contributed by atoms with Gasteiger partial charge in [0.25, 0.3) is 0 Å². The summed E-state index contributed by atoms with van der Waals surface area (Å²) in [7, 11) is 0. The van der Waals surface area contributed by atoms with E-state index in [2.05, 4.69) is 19.2 Å². The average molecular weight is 1180 g/mol. The monoisotopic (exact) mass is 1180 g/mol. The fourth-order valence-electron chi connectivity index (χ4n) is 11.7. The Kier molecular flexibility index (Phi) is 42.9. The fraction of sp³-hybridized carbons (Fsp3) is 0.984. The van der Waals surface area contributed by atoms with Crippen molar-refractivity contribution in [2.24, 2.45) is 0 Å². The van der Waals surface area contributed by atoms with Crippen LogP contribution in [0.3, 0.4) is 0 Å². The Morgan fingerprint density at radius 2 is 0.695 bits per heavy atom. The first-order chi connectivity index (χ1) is 39.8. The molecule has 0 saturated carbocycles. The molecule has 12 N–H and O–H groups in total. The molecule has 17 unspecified atom stereocenters. The molecular weight excluding hydrogens is 1060 g/mol. The van der Waals surface area contributed by atoms with Gasteiger partial charge in [-0.05, 0) is 12.8 Å². The van der Waals surface area contributed by atoms with Gasteiger partial charge in [-0.1, -0.05) is 245 Å². The second kappa shape index (κ2) is 46.9. The number of unbranched alkanes of at least 4 members (excludes halogenated alkanes) is 35. The van der Waals surface area contributed by atoms with Gasteiger partial charge in [-0.3, -0.25) is 4.79 Å². The minimum absolute atomic E-state index is 0.243. The summed E-state index contributed by atoms with van der Waals surface area (Å²) in [6.45, 7) is 1.74. The molecule has 0 aromatic rings. The zero-order valence-electron chi connectivity index (χ0n) is 51.0. The molecule has 82 heavy (non-hydrogen) atoms. The molecule has 17 atom stereocenters. The summed E-state index contributed by atoms with van der Waals surface area (Å²) >= 11 is 0. The van der Waals surface area contributed by atoms with E-state index in [4.69, 9.17) is 28.4 Å². The van der Waals surface area contributed by atoms with Crippen molar-refractivity contribution in [2.75, 3.05) is 26.4 Å². The Morgan fingerprint density at radius 1 is 0.390 bits per heavy atom. The van der Waals surface area contributed by atoms with Crippen LogP contribution in [0.5, 0.6) is 0 Å². The molecule has 1 amide bonds. The minimum Gasteiger partial charge on any atom is -0.394 e. The van der Waals surface area contributed by atoms with E-state index in [0.717, 1.165) is 57.8 Å². The van der Waals surface area contributed by atoms with E-state index < -0.39 is 124 Å². The number of aliphatic hydroxyl groups excluding tert-OH is 11. The van der Waals surface area contributed by atoms with Gasteiger partial charge in [0, 0.05) is 6.42 Å². The average Bonchev–Trinajstić information content (AvgIpc) is 3.60. The van der Waals surface area contributed by atoms with Crippen LogP contribution in [0.25, 0.3) is 0 Å². The van der Waals surface area contributed by atoms with Crippen molar-refractivity contribution in [3.8, 4) is 0 Å². The van der Waals surface area contributed by atoms with Crippen LogP contribution >= 0.6 is 0 Å². The molecule has 0 bridgehead atoms. The van der Waals surface area contributed by atoms with E-state index in [1.165, 1.54) is 173 Å². The molecule has 0 radical (unpaired) electrons. The van der Waals surface area contributed by atoms with Crippen LogP contribution in [0, 0.1) is 0 Å². The summed E-state index contributed by atoms with van der Waals surface area (Å²) in [5.74, 6) is -0.243. The van der Waals surface area contributed by atoms with Gasteiger partial charge in [-0.25, -0.2) is 0 Å². The summed E-state index contributed by atoms with van der Waals surface area (Å²) in [5, 5.41) is 120. The zero-order chi connectivity index (χ0) is 59.7. The number of ether oxygens (including phenoxy) is 6. The topological polar surface area (TPSA) is 307 Å². The van der Waals surface area contributed by atoms with Crippen LogP contribution in [0.4, 0.5) is 0 Å². The third-order valence-electron chi connectivity index (χ3n) is 17.2. The molecule has 0 aromatic heterocycles. The first-order valence-corrected chi connectivity index (χ1v) is 33.3. The molecular formula is C63H121NO18. The van der Waals surface area contributed by atoms with Gasteiger partial charge in [0.05, 0.1) is 38.6 Å². The van der Waals surface area contributed by atoms with Gasteiger partial charge in [0.1, 0.15) is 73.2 Å². The van der Waals surface area contributed by atoms with Gasteiger partial charge < -0.3 is 89.9 Å². The first-order valence-electron chi connectivity index (χ1n) is 33.3. The molecule has 0 aliphatic carbocycles. The van der Waals surface area contributed by atoms with Crippen molar-refractivity contribution in [3.05, 3.63) is 0 Å². The second-order valence-electron chi connectivity index (χ2n) is 24.3. The summed E-state index contributed by atoms with van der Waals surface area (Å²) in [6, 6.07) is -0.878. The number of hydrogen-bond acceptors (Lipinski definition) is 18. The highest BCUT2D eigenvalue weighted by Gasteiger charge is 2.53. The predicted octanol–water partition coefficient (Wildman–Crippen LogP) is 7.55. The molecule has 19 nitrogen and oxygen atoms in total. The molecule has 3 aliphatic rings. The Balaban J connectivity index is 1.29. The van der Waals surface area contributed by atoms with Crippen LogP contribution in [-0.2, 0) is 33.2 Å². The smallest absolute Gasteiger partial charge is 0.220 e. The number of carbonyl (C=O) groups excluding carboxylic acids is 1. The van der Waals surface area contributed by atoms with E-state index >= 15 is 0 Å². The van der Waals surface area contributed by atoms with Crippen molar-refractivity contribution < 1.29 is 89.4 Å². The largest absolute Gasteiger partial charge is 0.394 e. The summed E-state index contributed by atoms with van der Waals surface area (Å²) in [6.07, 6.45) is 21.4. The fourth-order valence-corrected chi connectivity index (χ4v) is 11.7. The van der Waals surface area contributed by atoms with E-state index in [1.54, 1.807) is 0 Å². The molecule has 19 heteroatoms. The lowest BCUT2D eigenvalue weighted by atomic mass is 9.96. The van der Waals surface area contributed by atoms with Gasteiger partial charge in [-0.2, -0.15) is 0 Å². The molecule has 3 rings (SSSR count). The Labute approximate surface area is 493 Å². The van der Waals surface area contributed by atoms with E-state index in [9.17, 15) is 61.0 Å². The minimum atomic E-state index is -1.97. The van der Waals surface area contributed by atoms with Crippen molar-refractivity contribution in [3.63, 3.8) is 0 Å². The van der Waals surface area contributed by atoms with Crippen LogP contribution in [0.1, 0.15) is 264 Å². The maximum absolute atomic E-state index is 13.3. The molecule has 0 aromatic carbocycles. The third kappa shape index (κ3) is 29.7. The van der Waals surface area contributed by atoms with Crippen molar-refractivity contribution in [2.45, 2.75) is 369 Å². The van der Waals surface area contributed by atoms with E-state index in [0.29, 0.717) is 12.8 Å². The maximum Gasteiger partial charge on any atom is 0.220 e. The number of amides is 1. The lowest BCUT2D eigenvalue weighted by molar-refractivity contribution is -0.379. The van der Waals surface area contributed by atoms with Crippen LogP contribution in [0.2, 0.25) is 0 Å². The van der Waals surface area contributed by atoms with Gasteiger partial charge in [-0.15, -0.1) is 0 Å². The summed E-state index contributed by atoms with van der Waals surface area (Å²) in [5.41, 5.74) is 0. The summed E-state index contributed by atoms with van der Waals surface area (Å²) < 4.78 is 34.2. The highest BCUT2D eigenvalue weighted by atomic mass is 16.8. The van der Waals surface area contributed by atoms with E-state index in [-0.39, 0.29) is 18.9 Å². The Bertz CT molecular complexity index is 1500. The second-order valence-corrected chi connectivity index (χ2v) is 24.3. The van der Waals surface area contributed by atoms with Gasteiger partial charge in [0.15, 0.2) is 18.9 Å². The molecule has 3 heterocycles. The van der Waals surface area contributed by atoms with Crippen molar-refractivity contribution in [1.29, 1.82) is 0 Å².